The van der Waals surface area contributed by atoms with Crippen LogP contribution in [0.3, 0.4) is 0 Å². The lowest BCUT2D eigenvalue weighted by atomic mass is 10.0. The molecule has 0 aliphatic carbocycles. The van der Waals surface area contributed by atoms with Crippen LogP contribution < -0.4 is 15.0 Å². The summed E-state index contributed by atoms with van der Waals surface area (Å²) >= 11 is 6.00. The summed E-state index contributed by atoms with van der Waals surface area (Å²) in [4.78, 5) is 12.9. The van der Waals surface area contributed by atoms with E-state index in [1.807, 2.05) is 72.8 Å². The third kappa shape index (κ3) is 4.31. The summed E-state index contributed by atoms with van der Waals surface area (Å²) in [6.45, 7) is 0.626. The maximum atomic E-state index is 12.9. The predicted octanol–water partition coefficient (Wildman–Crippen LogP) is 4.73. The molecule has 0 saturated carbocycles. The predicted molar refractivity (Wildman–Crippen MR) is 119 cm³/mol. The lowest BCUT2D eigenvalue weighted by Gasteiger charge is -2.13. The Morgan fingerprint density at radius 3 is 2.30 bits per heavy atom. The highest BCUT2D eigenvalue weighted by Crippen LogP contribution is 2.25. The smallest absolute Gasteiger partial charge is 0.274 e. The number of hydrogen-bond donors (Lipinski definition) is 0. The van der Waals surface area contributed by atoms with Crippen molar-refractivity contribution in [3.05, 3.63) is 99.4 Å². The Hall–Kier alpha value is -3.31. The average molecular weight is 421 g/mol. The van der Waals surface area contributed by atoms with Crippen LogP contribution in [0.1, 0.15) is 11.3 Å². The van der Waals surface area contributed by atoms with Crippen molar-refractivity contribution < 1.29 is 9.47 Å². The number of nitrogens with zero attached hydrogens (tertiary/aromatic N) is 2. The van der Waals surface area contributed by atoms with E-state index in [2.05, 4.69) is 5.10 Å². The Morgan fingerprint density at radius 2 is 1.57 bits per heavy atom. The van der Waals surface area contributed by atoms with Crippen molar-refractivity contribution in [1.29, 1.82) is 0 Å². The second-order valence-electron chi connectivity index (χ2n) is 6.82. The minimum atomic E-state index is -0.130. The summed E-state index contributed by atoms with van der Waals surface area (Å²) in [6.07, 6.45) is 0.603. The molecule has 6 heteroatoms. The van der Waals surface area contributed by atoms with Crippen molar-refractivity contribution in [1.82, 2.24) is 9.78 Å². The minimum absolute atomic E-state index is 0.130. The summed E-state index contributed by atoms with van der Waals surface area (Å²) in [5.41, 5.74) is 1.78. The topological polar surface area (TPSA) is 53.4 Å². The van der Waals surface area contributed by atoms with E-state index in [9.17, 15) is 4.79 Å². The Balaban J connectivity index is 1.62. The zero-order chi connectivity index (χ0) is 20.9. The highest BCUT2D eigenvalue weighted by Gasteiger charge is 2.12. The molecule has 4 aromatic rings. The van der Waals surface area contributed by atoms with Crippen LogP contribution in [-0.4, -0.2) is 23.5 Å². The molecule has 0 bridgehead atoms. The van der Waals surface area contributed by atoms with Crippen LogP contribution in [0, 0.1) is 0 Å². The average Bonchev–Trinajstić information content (AvgIpc) is 2.78. The monoisotopic (exact) mass is 420 g/mol. The molecule has 0 unspecified atom stereocenters. The number of methoxy groups -OCH3 is 1. The van der Waals surface area contributed by atoms with Gasteiger partial charge >= 0.3 is 0 Å². The van der Waals surface area contributed by atoms with Crippen molar-refractivity contribution in [3.8, 4) is 11.5 Å². The number of rotatable bonds is 7. The second-order valence-corrected chi connectivity index (χ2v) is 7.26. The van der Waals surface area contributed by atoms with Crippen LogP contribution in [0.4, 0.5) is 0 Å². The molecule has 5 nitrogen and oxygen atoms in total. The Morgan fingerprint density at radius 1 is 0.900 bits per heavy atom. The van der Waals surface area contributed by atoms with E-state index in [0.717, 1.165) is 16.6 Å². The highest BCUT2D eigenvalue weighted by atomic mass is 35.5. The molecule has 1 heterocycles. The van der Waals surface area contributed by atoms with Crippen molar-refractivity contribution in [3.63, 3.8) is 0 Å². The number of ether oxygens (including phenoxy) is 2. The summed E-state index contributed by atoms with van der Waals surface area (Å²) in [5.74, 6) is 1.29. The first-order chi connectivity index (χ1) is 14.7. The van der Waals surface area contributed by atoms with Crippen LogP contribution in [-0.2, 0) is 13.0 Å². The van der Waals surface area contributed by atoms with Gasteiger partial charge in [0.1, 0.15) is 6.61 Å². The van der Waals surface area contributed by atoms with Crippen molar-refractivity contribution >= 4 is 22.4 Å². The molecule has 4 rings (SSSR count). The first kappa shape index (κ1) is 20.0. The van der Waals surface area contributed by atoms with Crippen LogP contribution in [0.15, 0.2) is 77.6 Å². The summed E-state index contributed by atoms with van der Waals surface area (Å²) in [7, 11) is 1.60. The van der Waals surface area contributed by atoms with E-state index in [1.54, 1.807) is 7.11 Å². The molecule has 0 aliphatic rings. The quantitative estimate of drug-likeness (QED) is 0.433. The van der Waals surface area contributed by atoms with Gasteiger partial charge in [-0.05, 0) is 35.9 Å². The largest absolute Gasteiger partial charge is 0.493 e. The SMILES string of the molecule is COc1ccccc1OCCn1nc(Cc2ccc(Cl)cc2)c2ccccc2c1=O. The fraction of sp³-hybridized carbons (Fsp3) is 0.167. The normalized spacial score (nSPS) is 10.9. The van der Waals surface area contributed by atoms with E-state index in [1.165, 1.54) is 4.68 Å². The molecule has 152 valence electrons. The van der Waals surface area contributed by atoms with E-state index in [-0.39, 0.29) is 5.56 Å². The third-order valence-corrected chi connectivity index (χ3v) is 5.11. The fourth-order valence-electron chi connectivity index (χ4n) is 3.36. The molecule has 0 atom stereocenters. The fourth-order valence-corrected chi connectivity index (χ4v) is 3.49. The summed E-state index contributed by atoms with van der Waals surface area (Å²) < 4.78 is 12.6. The molecule has 0 amide bonds. The number of halogens is 1. The number of benzene rings is 3. The molecule has 0 aliphatic heterocycles. The van der Waals surface area contributed by atoms with Crippen molar-refractivity contribution in [2.24, 2.45) is 0 Å². The first-order valence-corrected chi connectivity index (χ1v) is 10.0. The molecule has 3 aromatic carbocycles. The zero-order valence-corrected chi connectivity index (χ0v) is 17.3. The molecule has 30 heavy (non-hydrogen) atoms. The van der Waals surface area contributed by atoms with Gasteiger partial charge in [0.25, 0.3) is 5.56 Å². The molecule has 0 spiro atoms. The van der Waals surface area contributed by atoms with Gasteiger partial charge in [0.05, 0.1) is 24.7 Å². The molecule has 0 radical (unpaired) electrons. The van der Waals surface area contributed by atoms with Gasteiger partial charge in [0.15, 0.2) is 11.5 Å². The van der Waals surface area contributed by atoms with Crippen LogP contribution in [0.5, 0.6) is 11.5 Å². The van der Waals surface area contributed by atoms with Gasteiger partial charge in [-0.1, -0.05) is 54.1 Å². The molecular weight excluding hydrogens is 400 g/mol. The molecule has 0 N–H and O–H groups in total. The summed E-state index contributed by atoms with van der Waals surface area (Å²) in [5, 5.41) is 6.85. The van der Waals surface area contributed by atoms with E-state index < -0.39 is 0 Å². The van der Waals surface area contributed by atoms with Gasteiger partial charge in [-0.15, -0.1) is 0 Å². The number of para-hydroxylation sites is 2. The Labute approximate surface area is 179 Å². The van der Waals surface area contributed by atoms with E-state index in [4.69, 9.17) is 21.1 Å². The maximum Gasteiger partial charge on any atom is 0.274 e. The summed E-state index contributed by atoms with van der Waals surface area (Å²) in [6, 6.07) is 22.6. The molecular formula is C24H21ClN2O3. The van der Waals surface area contributed by atoms with E-state index >= 15 is 0 Å². The Kier molecular flexibility index (Phi) is 6.00. The van der Waals surface area contributed by atoms with Crippen LogP contribution in [0.25, 0.3) is 10.8 Å². The molecule has 0 saturated heterocycles. The van der Waals surface area contributed by atoms with Gasteiger partial charge in [-0.3, -0.25) is 4.79 Å². The molecule has 1 aromatic heterocycles. The second kappa shape index (κ2) is 9.01. The van der Waals surface area contributed by atoms with Gasteiger partial charge in [0.2, 0.25) is 0 Å². The minimum Gasteiger partial charge on any atom is -0.493 e. The van der Waals surface area contributed by atoms with E-state index in [0.29, 0.717) is 41.5 Å². The number of aromatic nitrogens is 2. The third-order valence-electron chi connectivity index (χ3n) is 4.86. The lowest BCUT2D eigenvalue weighted by molar-refractivity contribution is 0.271. The molecule has 0 fully saturated rings. The van der Waals surface area contributed by atoms with Gasteiger partial charge in [-0.25, -0.2) is 4.68 Å². The number of hydrogen-bond acceptors (Lipinski definition) is 4. The van der Waals surface area contributed by atoms with Gasteiger partial charge < -0.3 is 9.47 Å². The van der Waals surface area contributed by atoms with Crippen molar-refractivity contribution in [2.45, 2.75) is 13.0 Å². The standard InChI is InChI=1S/C24H21ClN2O3/c1-29-22-8-4-5-9-23(22)30-15-14-27-24(28)20-7-3-2-6-19(20)21(26-27)16-17-10-12-18(25)13-11-17/h2-13H,14-16H2,1H3. The van der Waals surface area contributed by atoms with Crippen LogP contribution >= 0.6 is 11.6 Å². The van der Waals surface area contributed by atoms with Crippen molar-refractivity contribution in [2.75, 3.05) is 13.7 Å². The highest BCUT2D eigenvalue weighted by molar-refractivity contribution is 6.30. The maximum absolute atomic E-state index is 12.9. The van der Waals surface area contributed by atoms with Gasteiger partial charge in [0, 0.05) is 16.8 Å². The first-order valence-electron chi connectivity index (χ1n) is 9.64. The zero-order valence-electron chi connectivity index (χ0n) is 16.5. The Bertz CT molecular complexity index is 1220. The van der Waals surface area contributed by atoms with Gasteiger partial charge in [-0.2, -0.15) is 5.10 Å². The lowest BCUT2D eigenvalue weighted by Crippen LogP contribution is -2.27. The van der Waals surface area contributed by atoms with Crippen LogP contribution in [0.2, 0.25) is 5.02 Å². The number of fused-ring (bicyclic) bond motifs is 1.